The van der Waals surface area contributed by atoms with Crippen LogP contribution in [0.4, 0.5) is 11.4 Å². The maximum atomic E-state index is 12.2. The van der Waals surface area contributed by atoms with Gasteiger partial charge in [0.25, 0.3) is 0 Å². The largest absolute Gasteiger partial charge is 0.497 e. The van der Waals surface area contributed by atoms with Crippen LogP contribution in [-0.2, 0) is 16.0 Å². The van der Waals surface area contributed by atoms with Gasteiger partial charge in [0.15, 0.2) is 0 Å². The second kappa shape index (κ2) is 8.70. The second-order valence-electron chi connectivity index (χ2n) is 5.24. The Morgan fingerprint density at radius 3 is 2.28 bits per heavy atom. The van der Waals surface area contributed by atoms with Crippen molar-refractivity contribution in [2.24, 2.45) is 5.73 Å². The molecule has 0 unspecified atom stereocenters. The molecular weight excluding hydrogens is 322 g/mol. The lowest BCUT2D eigenvalue weighted by Crippen LogP contribution is -2.22. The van der Waals surface area contributed by atoms with E-state index in [1.807, 2.05) is 12.1 Å². The predicted molar refractivity (Wildman–Crippen MR) is 96.0 cm³/mol. The Balaban J connectivity index is 2.04. The van der Waals surface area contributed by atoms with Crippen molar-refractivity contribution in [3.05, 3.63) is 48.0 Å². The highest BCUT2D eigenvalue weighted by molar-refractivity contribution is 5.95. The molecule has 0 radical (unpaired) electrons. The molecule has 0 spiro atoms. The van der Waals surface area contributed by atoms with Gasteiger partial charge in [-0.25, -0.2) is 0 Å². The van der Waals surface area contributed by atoms with Crippen molar-refractivity contribution >= 4 is 23.2 Å². The van der Waals surface area contributed by atoms with Gasteiger partial charge in [-0.05, 0) is 29.8 Å². The summed E-state index contributed by atoms with van der Waals surface area (Å²) in [4.78, 5) is 23.6. The summed E-state index contributed by atoms with van der Waals surface area (Å²) in [6.45, 7) is -0.108. The lowest BCUT2D eigenvalue weighted by Gasteiger charge is -2.12. The molecule has 0 saturated heterocycles. The van der Waals surface area contributed by atoms with Gasteiger partial charge in [0, 0.05) is 11.8 Å². The molecule has 0 heterocycles. The van der Waals surface area contributed by atoms with E-state index in [-0.39, 0.29) is 24.8 Å². The van der Waals surface area contributed by atoms with Crippen molar-refractivity contribution in [1.82, 2.24) is 0 Å². The van der Waals surface area contributed by atoms with E-state index in [9.17, 15) is 9.59 Å². The number of hydrogen-bond donors (Lipinski definition) is 3. The predicted octanol–water partition coefficient (Wildman–Crippen LogP) is 1.78. The summed E-state index contributed by atoms with van der Waals surface area (Å²) < 4.78 is 10.4. The lowest BCUT2D eigenvalue weighted by molar-refractivity contribution is -0.116. The fraction of sp³-hybridized carbons (Fsp3) is 0.222. The molecule has 2 rings (SSSR count). The van der Waals surface area contributed by atoms with E-state index < -0.39 is 0 Å². The van der Waals surface area contributed by atoms with Crippen LogP contribution in [0.5, 0.6) is 11.5 Å². The summed E-state index contributed by atoms with van der Waals surface area (Å²) in [6, 6.07) is 12.2. The summed E-state index contributed by atoms with van der Waals surface area (Å²) >= 11 is 0. The molecule has 7 heteroatoms. The highest BCUT2D eigenvalue weighted by Crippen LogP contribution is 2.28. The van der Waals surface area contributed by atoms with E-state index in [2.05, 4.69) is 10.6 Å². The molecule has 4 N–H and O–H groups in total. The van der Waals surface area contributed by atoms with Gasteiger partial charge in [-0.3, -0.25) is 9.59 Å². The maximum absolute atomic E-state index is 12.2. The molecule has 0 aromatic heterocycles. The number of anilines is 2. The molecule has 0 fully saturated rings. The van der Waals surface area contributed by atoms with E-state index in [0.717, 1.165) is 11.3 Å². The van der Waals surface area contributed by atoms with Gasteiger partial charge < -0.3 is 25.8 Å². The summed E-state index contributed by atoms with van der Waals surface area (Å²) in [6.07, 6.45) is 0.221. The van der Waals surface area contributed by atoms with Gasteiger partial charge in [0.2, 0.25) is 11.8 Å². The first-order valence-electron chi connectivity index (χ1n) is 7.66. The Hall–Kier alpha value is -3.06. The number of hydrogen-bond acceptors (Lipinski definition) is 5. The maximum Gasteiger partial charge on any atom is 0.238 e. The third-order valence-electron chi connectivity index (χ3n) is 3.47. The molecule has 25 heavy (non-hydrogen) atoms. The standard InChI is InChI=1S/C18H21N3O4/c1-24-14-6-3-12(4-7-14)9-17(22)21-15-8-5-13(10-16(15)25-2)20-18(23)11-19/h3-8,10H,9,11,19H2,1-2H3,(H,20,23)(H,21,22). The highest BCUT2D eigenvalue weighted by atomic mass is 16.5. The van der Waals surface area contributed by atoms with Crippen LogP contribution in [0.2, 0.25) is 0 Å². The van der Waals surface area contributed by atoms with Crippen LogP contribution >= 0.6 is 0 Å². The first-order chi connectivity index (χ1) is 12.0. The number of carbonyl (C=O) groups is 2. The molecule has 0 saturated carbocycles. The van der Waals surface area contributed by atoms with Crippen molar-refractivity contribution in [1.29, 1.82) is 0 Å². The number of rotatable bonds is 7. The smallest absolute Gasteiger partial charge is 0.238 e. The van der Waals surface area contributed by atoms with Crippen molar-refractivity contribution in [3.63, 3.8) is 0 Å². The number of benzene rings is 2. The molecule has 2 aromatic carbocycles. The molecule has 7 nitrogen and oxygen atoms in total. The van der Waals surface area contributed by atoms with Crippen LogP contribution in [0.1, 0.15) is 5.56 Å². The minimum Gasteiger partial charge on any atom is -0.497 e. The molecule has 132 valence electrons. The monoisotopic (exact) mass is 343 g/mol. The summed E-state index contributed by atoms with van der Waals surface area (Å²) in [7, 11) is 3.08. The van der Waals surface area contributed by atoms with E-state index in [0.29, 0.717) is 17.1 Å². The normalized spacial score (nSPS) is 10.0. The van der Waals surface area contributed by atoms with Gasteiger partial charge >= 0.3 is 0 Å². The third-order valence-corrected chi connectivity index (χ3v) is 3.47. The Morgan fingerprint density at radius 1 is 0.960 bits per heavy atom. The fourth-order valence-electron chi connectivity index (χ4n) is 2.21. The number of amides is 2. The van der Waals surface area contributed by atoms with E-state index in [1.165, 1.54) is 7.11 Å². The SMILES string of the molecule is COc1ccc(CC(=O)Nc2ccc(NC(=O)CN)cc2OC)cc1. The van der Waals surface area contributed by atoms with E-state index in [1.54, 1.807) is 37.4 Å². The summed E-state index contributed by atoms with van der Waals surface area (Å²) in [5.74, 6) is 0.694. The Bertz CT molecular complexity index is 744. The third kappa shape index (κ3) is 5.22. The number of carbonyl (C=O) groups excluding carboxylic acids is 2. The minimum absolute atomic E-state index is 0.108. The Morgan fingerprint density at radius 2 is 1.68 bits per heavy atom. The molecule has 0 aliphatic heterocycles. The van der Waals surface area contributed by atoms with Crippen LogP contribution in [0.3, 0.4) is 0 Å². The molecule has 0 bridgehead atoms. The van der Waals surface area contributed by atoms with E-state index >= 15 is 0 Å². The molecular formula is C18H21N3O4. The van der Waals surface area contributed by atoms with Crippen LogP contribution in [0.25, 0.3) is 0 Å². The highest BCUT2D eigenvalue weighted by Gasteiger charge is 2.10. The first kappa shape index (κ1) is 18.3. The fourth-order valence-corrected chi connectivity index (χ4v) is 2.21. The second-order valence-corrected chi connectivity index (χ2v) is 5.24. The zero-order valence-corrected chi connectivity index (χ0v) is 14.2. The van der Waals surface area contributed by atoms with E-state index in [4.69, 9.17) is 15.2 Å². The number of methoxy groups -OCH3 is 2. The van der Waals surface area contributed by atoms with Gasteiger partial charge in [-0.15, -0.1) is 0 Å². The molecule has 0 aliphatic carbocycles. The lowest BCUT2D eigenvalue weighted by atomic mass is 10.1. The zero-order chi connectivity index (χ0) is 18.2. The number of nitrogens with one attached hydrogen (secondary N) is 2. The average Bonchev–Trinajstić information content (AvgIpc) is 2.63. The minimum atomic E-state index is -0.307. The zero-order valence-electron chi connectivity index (χ0n) is 14.2. The molecule has 2 aromatic rings. The topological polar surface area (TPSA) is 103 Å². The van der Waals surface area contributed by atoms with Gasteiger partial charge in [-0.2, -0.15) is 0 Å². The Kier molecular flexibility index (Phi) is 6.36. The molecule has 0 aliphatic rings. The van der Waals surface area contributed by atoms with Crippen LogP contribution < -0.4 is 25.8 Å². The molecule has 0 atom stereocenters. The van der Waals surface area contributed by atoms with Crippen molar-refractivity contribution in [2.75, 3.05) is 31.4 Å². The number of nitrogens with two attached hydrogens (primary N) is 1. The summed E-state index contributed by atoms with van der Waals surface area (Å²) in [5.41, 5.74) is 7.20. The van der Waals surface area contributed by atoms with Crippen LogP contribution in [0, 0.1) is 0 Å². The first-order valence-corrected chi connectivity index (χ1v) is 7.66. The Labute approximate surface area is 146 Å². The van der Waals surface area contributed by atoms with Crippen LogP contribution in [0.15, 0.2) is 42.5 Å². The summed E-state index contributed by atoms with van der Waals surface area (Å²) in [5, 5.41) is 5.43. The van der Waals surface area contributed by atoms with Crippen molar-refractivity contribution in [3.8, 4) is 11.5 Å². The van der Waals surface area contributed by atoms with Gasteiger partial charge in [0.1, 0.15) is 11.5 Å². The van der Waals surface area contributed by atoms with Crippen LogP contribution in [-0.4, -0.2) is 32.6 Å². The van der Waals surface area contributed by atoms with Crippen molar-refractivity contribution < 1.29 is 19.1 Å². The van der Waals surface area contributed by atoms with Gasteiger partial charge in [0.05, 0.1) is 32.9 Å². The average molecular weight is 343 g/mol. The molecule has 2 amide bonds. The quantitative estimate of drug-likeness (QED) is 0.711. The number of ether oxygens (including phenoxy) is 2. The van der Waals surface area contributed by atoms with Crippen molar-refractivity contribution in [2.45, 2.75) is 6.42 Å². The van der Waals surface area contributed by atoms with Gasteiger partial charge in [-0.1, -0.05) is 12.1 Å².